The molecule has 0 bridgehead atoms. The Labute approximate surface area is 217 Å². The van der Waals surface area contributed by atoms with Crippen LogP contribution in [0, 0.1) is 0 Å². The fraction of sp³-hybridized carbons (Fsp3) is 0.333. The number of aryl methyl sites for hydroxylation is 1. The van der Waals surface area contributed by atoms with Crippen molar-refractivity contribution in [2.45, 2.75) is 52.9 Å². The van der Waals surface area contributed by atoms with Crippen LogP contribution in [0.15, 0.2) is 54.6 Å². The van der Waals surface area contributed by atoms with Crippen molar-refractivity contribution >= 4 is 11.8 Å². The Morgan fingerprint density at radius 1 is 0.811 bits per heavy atom. The molecule has 0 aromatic heterocycles. The number of hydrogen-bond donors (Lipinski definition) is 2. The maximum Gasteiger partial charge on any atom is 0.339 e. The summed E-state index contributed by atoms with van der Waals surface area (Å²) in [6.45, 7) is 6.39. The predicted octanol–water partition coefficient (Wildman–Crippen LogP) is 6.84. The summed E-state index contributed by atoms with van der Waals surface area (Å²) < 4.78 is 18.0. The molecule has 0 atom stereocenters. The molecule has 0 amide bonds. The largest absolute Gasteiger partial charge is 0.507 e. The average Bonchev–Trinajstić information content (AvgIpc) is 2.87. The van der Waals surface area contributed by atoms with E-state index in [-0.39, 0.29) is 22.8 Å². The molecule has 3 rings (SSSR count). The zero-order valence-corrected chi connectivity index (χ0v) is 21.6. The monoisotopic (exact) mass is 506 g/mol. The van der Waals surface area contributed by atoms with Gasteiger partial charge in [0, 0.05) is 11.6 Å². The van der Waals surface area contributed by atoms with Crippen molar-refractivity contribution in [2.24, 2.45) is 0 Å². The van der Waals surface area contributed by atoms with Crippen molar-refractivity contribution in [2.75, 3.05) is 13.2 Å². The molecular weight excluding hydrogens is 472 g/mol. The minimum atomic E-state index is -1.04. The van der Waals surface area contributed by atoms with Gasteiger partial charge in [-0.05, 0) is 68.5 Å². The van der Waals surface area contributed by atoms with Gasteiger partial charge in [-0.15, -0.1) is 0 Å². The molecule has 0 fully saturated rings. The normalized spacial score (nSPS) is 10.7. The number of carboxylic acid groups (broad SMARTS) is 1. The van der Waals surface area contributed by atoms with Gasteiger partial charge >= 0.3 is 5.97 Å². The van der Waals surface area contributed by atoms with Gasteiger partial charge in [-0.2, -0.15) is 0 Å². The second-order valence-electron chi connectivity index (χ2n) is 8.68. The van der Waals surface area contributed by atoms with Crippen molar-refractivity contribution in [3.8, 4) is 28.7 Å². The molecule has 7 nitrogen and oxygen atoms in total. The zero-order chi connectivity index (χ0) is 26.8. The first-order chi connectivity index (χ1) is 17.8. The maximum atomic E-state index is 11.7. The van der Waals surface area contributed by atoms with Gasteiger partial charge in [0.1, 0.15) is 34.3 Å². The highest BCUT2D eigenvalue weighted by atomic mass is 16.5. The fourth-order valence-electron chi connectivity index (χ4n) is 4.00. The summed E-state index contributed by atoms with van der Waals surface area (Å²) in [5, 5.41) is 19.6. The Hall–Kier alpha value is -4.00. The molecule has 0 saturated carbocycles. The minimum Gasteiger partial charge on any atom is -0.507 e. The first kappa shape index (κ1) is 27.6. The molecule has 0 saturated heterocycles. The molecule has 0 heterocycles. The van der Waals surface area contributed by atoms with Gasteiger partial charge in [-0.3, -0.25) is 4.79 Å². The number of phenols is 1. The molecule has 196 valence electrons. The summed E-state index contributed by atoms with van der Waals surface area (Å²) in [6, 6.07) is 15.3. The number of rotatable bonds is 14. The first-order valence-corrected chi connectivity index (χ1v) is 12.6. The molecule has 0 spiro atoms. The highest BCUT2D eigenvalue weighted by molar-refractivity contribution is 5.97. The number of hydrogen-bond acceptors (Lipinski definition) is 6. The van der Waals surface area contributed by atoms with Gasteiger partial charge < -0.3 is 24.4 Å². The molecule has 0 aliphatic heterocycles. The lowest BCUT2D eigenvalue weighted by molar-refractivity contribution is 0.0694. The van der Waals surface area contributed by atoms with Gasteiger partial charge in [0.2, 0.25) is 0 Å². The van der Waals surface area contributed by atoms with Crippen molar-refractivity contribution in [1.29, 1.82) is 0 Å². The molecule has 0 unspecified atom stereocenters. The molecule has 2 N–H and O–H groups in total. The molecule has 3 aromatic rings. The highest BCUT2D eigenvalue weighted by Crippen LogP contribution is 2.35. The minimum absolute atomic E-state index is 0.0698. The Morgan fingerprint density at radius 3 is 2.11 bits per heavy atom. The summed E-state index contributed by atoms with van der Waals surface area (Å²) in [6.07, 6.45) is 3.78. The van der Waals surface area contributed by atoms with Crippen LogP contribution in [0.4, 0.5) is 0 Å². The third-order valence-electron chi connectivity index (χ3n) is 5.92. The van der Waals surface area contributed by atoms with Gasteiger partial charge in [0.25, 0.3) is 0 Å². The Morgan fingerprint density at radius 2 is 1.46 bits per heavy atom. The second kappa shape index (κ2) is 13.3. The van der Waals surface area contributed by atoms with E-state index in [0.717, 1.165) is 36.8 Å². The van der Waals surface area contributed by atoms with E-state index >= 15 is 0 Å². The fourth-order valence-corrected chi connectivity index (χ4v) is 4.00. The number of benzene rings is 3. The number of Topliss-reactive ketones (excluding diaryl/α,β-unsaturated/α-hetero) is 1. The van der Waals surface area contributed by atoms with E-state index in [9.17, 15) is 19.8 Å². The van der Waals surface area contributed by atoms with E-state index in [0.29, 0.717) is 42.4 Å². The summed E-state index contributed by atoms with van der Waals surface area (Å²) in [5.41, 5.74) is 2.18. The van der Waals surface area contributed by atoms with Crippen LogP contribution < -0.4 is 14.2 Å². The SMILES string of the molecule is CCCc1c(OCCCCOc2cc(O)c(C(C)=O)cc2CC)cccc1Oc1ccccc1C(=O)O. The Balaban J connectivity index is 1.59. The van der Waals surface area contributed by atoms with Gasteiger partial charge in [-0.25, -0.2) is 4.79 Å². The third-order valence-corrected chi connectivity index (χ3v) is 5.92. The number of carbonyl (C=O) groups excluding carboxylic acids is 1. The number of aromatic carboxylic acids is 1. The molecule has 0 aliphatic rings. The molecule has 0 aliphatic carbocycles. The number of para-hydroxylation sites is 1. The van der Waals surface area contributed by atoms with Gasteiger partial charge in [0.05, 0.1) is 18.8 Å². The number of carbonyl (C=O) groups is 2. The topological polar surface area (TPSA) is 102 Å². The van der Waals surface area contributed by atoms with Crippen LogP contribution in [0.25, 0.3) is 0 Å². The zero-order valence-electron chi connectivity index (χ0n) is 21.6. The van der Waals surface area contributed by atoms with E-state index < -0.39 is 5.97 Å². The first-order valence-electron chi connectivity index (χ1n) is 12.6. The lowest BCUT2D eigenvalue weighted by atomic mass is 10.0. The average molecular weight is 507 g/mol. The second-order valence-corrected chi connectivity index (χ2v) is 8.68. The van der Waals surface area contributed by atoms with Gasteiger partial charge in [-0.1, -0.05) is 38.5 Å². The lowest BCUT2D eigenvalue weighted by Crippen LogP contribution is -2.06. The Kier molecular flexibility index (Phi) is 9.95. The standard InChI is InChI=1S/C30H34O7/c1-4-11-22-26(14-10-15-27(22)37-28-13-7-6-12-23(28)30(33)34)35-16-8-9-17-36-29-19-25(32)24(20(3)31)18-21(29)5-2/h6-7,10,12-15,18-19,32H,4-5,8-9,11,16-17H2,1-3H3,(H,33,34). The summed E-state index contributed by atoms with van der Waals surface area (Å²) >= 11 is 0. The maximum absolute atomic E-state index is 11.7. The van der Waals surface area contributed by atoms with Crippen molar-refractivity contribution in [1.82, 2.24) is 0 Å². The van der Waals surface area contributed by atoms with Crippen LogP contribution in [0.5, 0.6) is 28.7 Å². The van der Waals surface area contributed by atoms with Crippen molar-refractivity contribution in [3.63, 3.8) is 0 Å². The van der Waals surface area contributed by atoms with Crippen LogP contribution in [0.1, 0.15) is 71.9 Å². The molecule has 37 heavy (non-hydrogen) atoms. The van der Waals surface area contributed by atoms with E-state index in [1.54, 1.807) is 24.3 Å². The number of phenolic OH excluding ortho intramolecular Hbond substituents is 1. The molecular formula is C30H34O7. The van der Waals surface area contributed by atoms with Crippen molar-refractivity contribution in [3.05, 3.63) is 76.9 Å². The summed E-state index contributed by atoms with van der Waals surface area (Å²) in [4.78, 5) is 23.2. The number of ketones is 1. The number of ether oxygens (including phenoxy) is 3. The summed E-state index contributed by atoms with van der Waals surface area (Å²) in [5.74, 6) is 0.873. The highest BCUT2D eigenvalue weighted by Gasteiger charge is 2.16. The third kappa shape index (κ3) is 7.26. The summed E-state index contributed by atoms with van der Waals surface area (Å²) in [7, 11) is 0. The molecule has 0 radical (unpaired) electrons. The van der Waals surface area contributed by atoms with E-state index in [4.69, 9.17) is 14.2 Å². The smallest absolute Gasteiger partial charge is 0.339 e. The Bertz CT molecular complexity index is 1230. The number of aromatic hydroxyl groups is 1. The lowest BCUT2D eigenvalue weighted by Gasteiger charge is -2.17. The van der Waals surface area contributed by atoms with E-state index in [2.05, 4.69) is 6.92 Å². The van der Waals surface area contributed by atoms with E-state index in [1.165, 1.54) is 19.1 Å². The molecule has 7 heteroatoms. The van der Waals surface area contributed by atoms with Crippen LogP contribution in [0.2, 0.25) is 0 Å². The number of carboxylic acids is 1. The quantitative estimate of drug-likeness (QED) is 0.182. The predicted molar refractivity (Wildman–Crippen MR) is 142 cm³/mol. The van der Waals surface area contributed by atoms with Gasteiger partial charge in [0.15, 0.2) is 5.78 Å². The van der Waals surface area contributed by atoms with Crippen LogP contribution in [0.3, 0.4) is 0 Å². The van der Waals surface area contributed by atoms with E-state index in [1.807, 2.05) is 25.1 Å². The molecule has 3 aromatic carbocycles. The van der Waals surface area contributed by atoms with Crippen molar-refractivity contribution < 1.29 is 34.0 Å². The number of unbranched alkanes of at least 4 members (excludes halogenated alkanes) is 1. The van der Waals surface area contributed by atoms with Crippen LogP contribution in [-0.4, -0.2) is 35.2 Å². The van der Waals surface area contributed by atoms with Crippen LogP contribution >= 0.6 is 0 Å². The van der Waals surface area contributed by atoms with Crippen LogP contribution in [-0.2, 0) is 12.8 Å².